The molecule has 0 fully saturated rings. The fraction of sp³-hybridized carbons (Fsp3) is 0.0172. The molecule has 4 nitrogen and oxygen atoms in total. The number of rotatable bonds is 6. The second kappa shape index (κ2) is 14.5. The van der Waals surface area contributed by atoms with Crippen molar-refractivity contribution in [1.29, 1.82) is 0 Å². The van der Waals surface area contributed by atoms with Crippen LogP contribution in [-0.2, 0) is 5.41 Å². The predicted octanol–water partition coefficient (Wildman–Crippen LogP) is 14.4. The number of anilines is 3. The van der Waals surface area contributed by atoms with Gasteiger partial charge in [-0.05, 0) is 86.0 Å². The van der Waals surface area contributed by atoms with E-state index in [1.54, 1.807) is 0 Å². The summed E-state index contributed by atoms with van der Waals surface area (Å²) in [6, 6.07) is 82.3. The SMILES string of the molecule is c1ccc(-c2cccc(-c3nc(-c4ccccc4)nc(-c4ccc(-c5cccc6c5-c5ccccc5C65c6ccccc6N(c6ccccc6)c6ccccc65)cc4)n3)c2)cc1. The fourth-order valence-corrected chi connectivity index (χ4v) is 9.87. The summed E-state index contributed by atoms with van der Waals surface area (Å²) in [4.78, 5) is 17.7. The molecule has 1 aromatic heterocycles. The van der Waals surface area contributed by atoms with Crippen molar-refractivity contribution in [2.24, 2.45) is 0 Å². The maximum absolute atomic E-state index is 5.13. The molecule has 0 unspecified atom stereocenters. The van der Waals surface area contributed by atoms with Gasteiger partial charge in [0.1, 0.15) is 0 Å². The van der Waals surface area contributed by atoms with E-state index in [-0.39, 0.29) is 0 Å². The van der Waals surface area contributed by atoms with Crippen molar-refractivity contribution in [2.75, 3.05) is 4.90 Å². The Kier molecular flexibility index (Phi) is 8.36. The zero-order valence-corrected chi connectivity index (χ0v) is 33.7. The van der Waals surface area contributed by atoms with Gasteiger partial charge in [0, 0.05) is 22.4 Å². The number of nitrogens with zero attached hydrogens (tertiary/aromatic N) is 4. The monoisotopic (exact) mass is 790 g/mol. The summed E-state index contributed by atoms with van der Waals surface area (Å²) in [6.07, 6.45) is 0. The smallest absolute Gasteiger partial charge is 0.164 e. The predicted molar refractivity (Wildman–Crippen MR) is 253 cm³/mol. The van der Waals surface area contributed by atoms with Crippen molar-refractivity contribution in [2.45, 2.75) is 5.41 Å². The van der Waals surface area contributed by atoms with Gasteiger partial charge >= 0.3 is 0 Å². The number of hydrogen-bond donors (Lipinski definition) is 0. The molecule has 0 saturated heterocycles. The van der Waals surface area contributed by atoms with Crippen LogP contribution < -0.4 is 4.90 Å². The molecule has 62 heavy (non-hydrogen) atoms. The van der Waals surface area contributed by atoms with Gasteiger partial charge < -0.3 is 4.90 Å². The molecule has 0 saturated carbocycles. The summed E-state index contributed by atoms with van der Waals surface area (Å²) in [5.41, 5.74) is 18.1. The Morgan fingerprint density at radius 3 is 1.39 bits per heavy atom. The molecular formula is C58H38N4. The van der Waals surface area contributed by atoms with E-state index in [0.717, 1.165) is 39.1 Å². The number of para-hydroxylation sites is 3. The van der Waals surface area contributed by atoms with Crippen LogP contribution in [0.3, 0.4) is 0 Å². The summed E-state index contributed by atoms with van der Waals surface area (Å²) in [7, 11) is 0. The number of aromatic nitrogens is 3. The summed E-state index contributed by atoms with van der Waals surface area (Å²) >= 11 is 0. The maximum Gasteiger partial charge on any atom is 0.164 e. The Balaban J connectivity index is 1.00. The van der Waals surface area contributed by atoms with Crippen LogP contribution in [0.25, 0.3) is 67.5 Å². The zero-order chi connectivity index (χ0) is 41.0. The van der Waals surface area contributed by atoms with Gasteiger partial charge in [-0.1, -0.05) is 200 Å². The van der Waals surface area contributed by atoms with E-state index in [1.807, 2.05) is 24.3 Å². The number of fused-ring (bicyclic) bond motifs is 9. The highest BCUT2D eigenvalue weighted by Crippen LogP contribution is 2.64. The molecular weight excluding hydrogens is 753 g/mol. The van der Waals surface area contributed by atoms with Gasteiger partial charge in [-0.25, -0.2) is 15.0 Å². The second-order valence-electron chi connectivity index (χ2n) is 15.9. The lowest BCUT2D eigenvalue weighted by Gasteiger charge is -2.45. The first-order chi connectivity index (χ1) is 30.8. The number of benzene rings is 9. The van der Waals surface area contributed by atoms with Gasteiger partial charge in [0.05, 0.1) is 16.8 Å². The minimum atomic E-state index is -0.521. The van der Waals surface area contributed by atoms with Crippen molar-refractivity contribution in [3.8, 4) is 67.5 Å². The largest absolute Gasteiger partial charge is 0.310 e. The van der Waals surface area contributed by atoms with E-state index >= 15 is 0 Å². The normalized spacial score (nSPS) is 12.9. The van der Waals surface area contributed by atoms with E-state index in [0.29, 0.717) is 17.5 Å². The topological polar surface area (TPSA) is 41.9 Å². The summed E-state index contributed by atoms with van der Waals surface area (Å²) < 4.78 is 0. The Morgan fingerprint density at radius 2 is 0.726 bits per heavy atom. The molecule has 0 amide bonds. The van der Waals surface area contributed by atoms with E-state index in [4.69, 9.17) is 15.0 Å². The summed E-state index contributed by atoms with van der Waals surface area (Å²) in [5, 5.41) is 0. The van der Waals surface area contributed by atoms with Gasteiger partial charge in [-0.3, -0.25) is 0 Å². The highest BCUT2D eigenvalue weighted by molar-refractivity contribution is 6.00. The average molecular weight is 791 g/mol. The molecule has 12 rings (SSSR count). The van der Waals surface area contributed by atoms with Crippen molar-refractivity contribution in [3.05, 3.63) is 253 Å². The Hall–Kier alpha value is -8.21. The van der Waals surface area contributed by atoms with Gasteiger partial charge in [0.25, 0.3) is 0 Å². The maximum atomic E-state index is 5.13. The first-order valence-electron chi connectivity index (χ1n) is 21.1. The first-order valence-corrected chi connectivity index (χ1v) is 21.1. The van der Waals surface area contributed by atoms with Gasteiger partial charge in [-0.15, -0.1) is 0 Å². The minimum Gasteiger partial charge on any atom is -0.310 e. The van der Waals surface area contributed by atoms with Crippen molar-refractivity contribution < 1.29 is 0 Å². The standard InChI is InChI=1S/C58H38N4/c1-4-18-39(19-5-1)43-22-16-23-44(38-43)57-60-55(41-20-6-2-7-21-41)59-56(61-57)42-36-34-40(35-37-42)46-27-17-31-51-54(46)47-26-10-11-28-48(47)58(51)49-29-12-14-32-52(49)62(45-24-8-3-9-25-45)53-33-15-13-30-50(53)58/h1-38H. The fourth-order valence-electron chi connectivity index (χ4n) is 9.87. The van der Waals surface area contributed by atoms with Crippen LogP contribution >= 0.6 is 0 Å². The molecule has 290 valence electrons. The molecule has 10 aromatic rings. The average Bonchev–Trinajstić information content (AvgIpc) is 3.66. The molecule has 2 heterocycles. The van der Waals surface area contributed by atoms with Gasteiger partial charge in [0.15, 0.2) is 17.5 Å². The molecule has 1 aliphatic heterocycles. The van der Waals surface area contributed by atoms with E-state index in [2.05, 4.69) is 211 Å². The molecule has 0 bridgehead atoms. The highest BCUT2D eigenvalue weighted by Gasteiger charge is 2.52. The van der Waals surface area contributed by atoms with Crippen LogP contribution in [-0.4, -0.2) is 15.0 Å². The molecule has 0 N–H and O–H groups in total. The Labute approximate surface area is 361 Å². The lowest BCUT2D eigenvalue weighted by molar-refractivity contribution is 0.753. The van der Waals surface area contributed by atoms with E-state index in [9.17, 15) is 0 Å². The molecule has 1 spiro atoms. The lowest BCUT2D eigenvalue weighted by Crippen LogP contribution is -2.36. The summed E-state index contributed by atoms with van der Waals surface area (Å²) in [5.74, 6) is 1.91. The van der Waals surface area contributed by atoms with Crippen LogP contribution in [0.2, 0.25) is 0 Å². The molecule has 9 aromatic carbocycles. The Bertz CT molecular complexity index is 3240. The first kappa shape index (κ1) is 35.7. The van der Waals surface area contributed by atoms with Crippen LogP contribution in [0, 0.1) is 0 Å². The van der Waals surface area contributed by atoms with Crippen LogP contribution in [0.1, 0.15) is 22.3 Å². The number of hydrogen-bond acceptors (Lipinski definition) is 4. The lowest BCUT2D eigenvalue weighted by atomic mass is 9.64. The highest BCUT2D eigenvalue weighted by atomic mass is 15.2. The van der Waals surface area contributed by atoms with Crippen LogP contribution in [0.5, 0.6) is 0 Å². The molecule has 4 heteroatoms. The van der Waals surface area contributed by atoms with Gasteiger partial charge in [0.2, 0.25) is 0 Å². The van der Waals surface area contributed by atoms with Crippen LogP contribution in [0.15, 0.2) is 231 Å². The van der Waals surface area contributed by atoms with E-state index < -0.39 is 5.41 Å². The third-order valence-electron chi connectivity index (χ3n) is 12.5. The third-order valence-corrected chi connectivity index (χ3v) is 12.5. The van der Waals surface area contributed by atoms with Crippen molar-refractivity contribution >= 4 is 17.1 Å². The van der Waals surface area contributed by atoms with Crippen LogP contribution in [0.4, 0.5) is 17.1 Å². The van der Waals surface area contributed by atoms with Crippen molar-refractivity contribution in [1.82, 2.24) is 15.0 Å². The third kappa shape index (κ3) is 5.58. The second-order valence-corrected chi connectivity index (χ2v) is 15.9. The minimum absolute atomic E-state index is 0.521. The zero-order valence-electron chi connectivity index (χ0n) is 33.7. The van der Waals surface area contributed by atoms with E-state index in [1.165, 1.54) is 50.3 Å². The molecule has 0 radical (unpaired) electrons. The van der Waals surface area contributed by atoms with Gasteiger partial charge in [-0.2, -0.15) is 0 Å². The van der Waals surface area contributed by atoms with Crippen molar-refractivity contribution in [3.63, 3.8) is 0 Å². The Morgan fingerprint density at radius 1 is 0.290 bits per heavy atom. The summed E-state index contributed by atoms with van der Waals surface area (Å²) in [6.45, 7) is 0. The molecule has 2 aliphatic rings. The molecule has 1 aliphatic carbocycles. The molecule has 0 atom stereocenters. The quantitative estimate of drug-likeness (QED) is 0.168.